The van der Waals surface area contributed by atoms with E-state index in [0.29, 0.717) is 6.04 Å². The number of nitrogens with zero attached hydrogens (tertiary/aromatic N) is 1. The van der Waals surface area contributed by atoms with Gasteiger partial charge in [0.25, 0.3) is 0 Å². The average Bonchev–Trinajstić information content (AvgIpc) is 2.63. The molecular formula is C15H21NO2. The Morgan fingerprint density at radius 1 is 1.50 bits per heavy atom. The van der Waals surface area contributed by atoms with E-state index >= 15 is 0 Å². The number of carbonyl (C=O) groups is 1. The fourth-order valence-electron chi connectivity index (χ4n) is 2.88. The third kappa shape index (κ3) is 1.78. The van der Waals surface area contributed by atoms with Gasteiger partial charge in [0.05, 0.1) is 5.41 Å². The second kappa shape index (κ2) is 4.30. The summed E-state index contributed by atoms with van der Waals surface area (Å²) in [4.78, 5) is 13.8. The lowest BCUT2D eigenvalue weighted by molar-refractivity contribution is -0.142. The summed E-state index contributed by atoms with van der Waals surface area (Å²) in [6.07, 6.45) is 0.941. The van der Waals surface area contributed by atoms with Crippen LogP contribution < -0.4 is 4.90 Å². The van der Waals surface area contributed by atoms with Crippen LogP contribution in [0, 0.1) is 0 Å². The minimum atomic E-state index is -0.825. The number of aliphatic carboxylic acids is 1. The van der Waals surface area contributed by atoms with E-state index in [1.807, 2.05) is 12.1 Å². The quantitative estimate of drug-likeness (QED) is 0.893. The largest absolute Gasteiger partial charge is 0.481 e. The summed E-state index contributed by atoms with van der Waals surface area (Å²) < 4.78 is 0. The minimum Gasteiger partial charge on any atom is -0.481 e. The molecule has 1 aromatic carbocycles. The molecule has 1 aromatic rings. The van der Waals surface area contributed by atoms with Crippen molar-refractivity contribution in [1.82, 2.24) is 0 Å². The standard InChI is InChI=1S/C15H21NO2/c1-5-16-10(2)9-11-12(7-6-8-13(11)16)15(3,4)14(17)18/h6-8,10H,5,9H2,1-4H3,(H,17,18). The summed E-state index contributed by atoms with van der Waals surface area (Å²) in [5, 5.41) is 9.40. The number of fused-ring (bicyclic) bond motifs is 1. The fraction of sp³-hybridized carbons (Fsp3) is 0.533. The molecule has 0 aliphatic carbocycles. The molecule has 2 rings (SSSR count). The number of benzene rings is 1. The first-order valence-electron chi connectivity index (χ1n) is 6.52. The Morgan fingerprint density at radius 3 is 2.72 bits per heavy atom. The van der Waals surface area contributed by atoms with E-state index in [0.717, 1.165) is 18.5 Å². The van der Waals surface area contributed by atoms with Crippen LogP contribution in [0.3, 0.4) is 0 Å². The number of likely N-dealkylation sites (N-methyl/N-ethyl adjacent to an activating group) is 1. The Morgan fingerprint density at radius 2 is 2.17 bits per heavy atom. The van der Waals surface area contributed by atoms with Crippen LogP contribution in [0.4, 0.5) is 5.69 Å². The molecule has 0 aromatic heterocycles. The SMILES string of the molecule is CCN1c2cccc(C(C)(C)C(=O)O)c2CC1C. The minimum absolute atomic E-state index is 0.454. The van der Waals surface area contributed by atoms with Gasteiger partial charge in [-0.2, -0.15) is 0 Å². The molecule has 0 fully saturated rings. The smallest absolute Gasteiger partial charge is 0.313 e. The number of carboxylic acid groups (broad SMARTS) is 1. The highest BCUT2D eigenvalue weighted by molar-refractivity contribution is 5.82. The first-order chi connectivity index (χ1) is 8.39. The number of hydrogen-bond acceptors (Lipinski definition) is 2. The lowest BCUT2D eigenvalue weighted by Crippen LogP contribution is -2.29. The molecule has 18 heavy (non-hydrogen) atoms. The molecule has 1 aliphatic heterocycles. The van der Waals surface area contributed by atoms with Gasteiger partial charge in [-0.25, -0.2) is 0 Å². The third-order valence-electron chi connectivity index (χ3n) is 4.04. The van der Waals surface area contributed by atoms with Crippen LogP contribution in [0.1, 0.15) is 38.8 Å². The van der Waals surface area contributed by atoms with Crippen molar-refractivity contribution in [2.24, 2.45) is 0 Å². The van der Waals surface area contributed by atoms with Gasteiger partial charge < -0.3 is 10.0 Å². The molecule has 0 bridgehead atoms. The fourth-order valence-corrected chi connectivity index (χ4v) is 2.88. The highest BCUT2D eigenvalue weighted by Crippen LogP contribution is 2.39. The summed E-state index contributed by atoms with van der Waals surface area (Å²) in [7, 11) is 0. The highest BCUT2D eigenvalue weighted by Gasteiger charge is 2.36. The van der Waals surface area contributed by atoms with Crippen LogP contribution in [0.5, 0.6) is 0 Å². The van der Waals surface area contributed by atoms with Crippen LogP contribution in [-0.2, 0) is 16.6 Å². The van der Waals surface area contributed by atoms with E-state index in [1.54, 1.807) is 13.8 Å². The Balaban J connectivity index is 2.55. The molecule has 0 saturated carbocycles. The first-order valence-corrected chi connectivity index (χ1v) is 6.52. The summed E-state index contributed by atoms with van der Waals surface area (Å²) in [5.74, 6) is -0.765. The zero-order chi connectivity index (χ0) is 13.5. The summed E-state index contributed by atoms with van der Waals surface area (Å²) >= 11 is 0. The molecule has 1 N–H and O–H groups in total. The molecule has 0 radical (unpaired) electrons. The lowest BCUT2D eigenvalue weighted by Gasteiger charge is -2.24. The second-order valence-corrected chi connectivity index (χ2v) is 5.57. The van der Waals surface area contributed by atoms with Gasteiger partial charge in [-0.05, 0) is 51.3 Å². The zero-order valence-corrected chi connectivity index (χ0v) is 11.5. The van der Waals surface area contributed by atoms with E-state index in [-0.39, 0.29) is 0 Å². The number of anilines is 1. The van der Waals surface area contributed by atoms with Crippen molar-refractivity contribution in [2.75, 3.05) is 11.4 Å². The number of hydrogen-bond donors (Lipinski definition) is 1. The van der Waals surface area contributed by atoms with E-state index in [4.69, 9.17) is 0 Å². The van der Waals surface area contributed by atoms with Gasteiger partial charge in [0.1, 0.15) is 0 Å². The average molecular weight is 247 g/mol. The molecule has 1 unspecified atom stereocenters. The van der Waals surface area contributed by atoms with Crippen LogP contribution in [0.2, 0.25) is 0 Å². The maximum atomic E-state index is 11.4. The topological polar surface area (TPSA) is 40.5 Å². The maximum absolute atomic E-state index is 11.4. The Kier molecular flexibility index (Phi) is 3.09. The summed E-state index contributed by atoms with van der Waals surface area (Å²) in [6.45, 7) is 8.86. The molecule has 3 heteroatoms. The van der Waals surface area contributed by atoms with Crippen molar-refractivity contribution in [3.63, 3.8) is 0 Å². The van der Waals surface area contributed by atoms with Crippen molar-refractivity contribution in [2.45, 2.75) is 45.6 Å². The Hall–Kier alpha value is -1.51. The maximum Gasteiger partial charge on any atom is 0.313 e. The molecule has 0 spiro atoms. The van der Waals surface area contributed by atoms with Crippen LogP contribution in [0.15, 0.2) is 18.2 Å². The molecule has 1 aliphatic rings. The molecular weight excluding hydrogens is 226 g/mol. The zero-order valence-electron chi connectivity index (χ0n) is 11.5. The molecule has 0 amide bonds. The van der Waals surface area contributed by atoms with Gasteiger partial charge >= 0.3 is 5.97 Å². The number of carboxylic acids is 1. The summed E-state index contributed by atoms with van der Waals surface area (Å²) in [6, 6.07) is 6.48. The van der Waals surface area contributed by atoms with Crippen molar-refractivity contribution < 1.29 is 9.90 Å². The van der Waals surface area contributed by atoms with E-state index < -0.39 is 11.4 Å². The van der Waals surface area contributed by atoms with E-state index in [1.165, 1.54) is 11.3 Å². The van der Waals surface area contributed by atoms with Crippen LogP contribution >= 0.6 is 0 Å². The molecule has 1 atom stereocenters. The number of rotatable bonds is 3. The molecule has 98 valence electrons. The van der Waals surface area contributed by atoms with Crippen LogP contribution in [0.25, 0.3) is 0 Å². The predicted octanol–water partition coefficient (Wildman–Crippen LogP) is 2.82. The van der Waals surface area contributed by atoms with Crippen LogP contribution in [-0.4, -0.2) is 23.7 Å². The molecule has 0 saturated heterocycles. The van der Waals surface area contributed by atoms with E-state index in [2.05, 4.69) is 24.8 Å². The van der Waals surface area contributed by atoms with Gasteiger partial charge in [-0.15, -0.1) is 0 Å². The van der Waals surface area contributed by atoms with E-state index in [9.17, 15) is 9.90 Å². The Labute approximate surface area is 108 Å². The van der Waals surface area contributed by atoms with Crippen molar-refractivity contribution in [3.05, 3.63) is 29.3 Å². The van der Waals surface area contributed by atoms with Gasteiger partial charge in [0, 0.05) is 18.3 Å². The molecule has 3 nitrogen and oxygen atoms in total. The van der Waals surface area contributed by atoms with Gasteiger partial charge in [0.15, 0.2) is 0 Å². The predicted molar refractivity (Wildman–Crippen MR) is 73.3 cm³/mol. The van der Waals surface area contributed by atoms with Gasteiger partial charge in [-0.1, -0.05) is 12.1 Å². The summed E-state index contributed by atoms with van der Waals surface area (Å²) in [5.41, 5.74) is 2.54. The van der Waals surface area contributed by atoms with Crippen molar-refractivity contribution in [3.8, 4) is 0 Å². The first kappa shape index (κ1) is 12.9. The van der Waals surface area contributed by atoms with Crippen molar-refractivity contribution >= 4 is 11.7 Å². The monoisotopic (exact) mass is 247 g/mol. The third-order valence-corrected chi connectivity index (χ3v) is 4.04. The van der Waals surface area contributed by atoms with Gasteiger partial charge in [-0.3, -0.25) is 4.79 Å². The Bertz CT molecular complexity index is 479. The van der Waals surface area contributed by atoms with Gasteiger partial charge in [0.2, 0.25) is 0 Å². The normalized spacial score (nSPS) is 18.9. The lowest BCUT2D eigenvalue weighted by atomic mass is 9.81. The highest BCUT2D eigenvalue weighted by atomic mass is 16.4. The van der Waals surface area contributed by atoms with Crippen molar-refractivity contribution in [1.29, 1.82) is 0 Å². The molecule has 1 heterocycles. The second-order valence-electron chi connectivity index (χ2n) is 5.57.